The summed E-state index contributed by atoms with van der Waals surface area (Å²) in [4.78, 5) is 2.47. The van der Waals surface area contributed by atoms with Crippen molar-refractivity contribution in [2.24, 2.45) is 0 Å². The van der Waals surface area contributed by atoms with E-state index in [0.29, 0.717) is 6.04 Å². The van der Waals surface area contributed by atoms with Crippen LogP contribution < -0.4 is 5.32 Å². The number of hydrogen-bond donors (Lipinski definition) is 1. The zero-order valence-corrected chi connectivity index (χ0v) is 8.70. The van der Waals surface area contributed by atoms with Gasteiger partial charge < -0.3 is 9.73 Å². The third-order valence-corrected chi connectivity index (χ3v) is 2.86. The van der Waals surface area contributed by atoms with Gasteiger partial charge in [-0.15, -0.1) is 0 Å². The van der Waals surface area contributed by atoms with Gasteiger partial charge >= 0.3 is 0 Å². The zero-order valence-electron chi connectivity index (χ0n) is 8.70. The lowest BCUT2D eigenvalue weighted by molar-refractivity contribution is 0.196. The number of likely N-dealkylation sites (N-methyl/N-ethyl adjacent to an activating group) is 1. The first kappa shape index (κ1) is 9.74. The normalized spacial score (nSPS) is 24.8. The minimum atomic E-state index is 0.414. The molecular weight excluding hydrogens is 176 g/mol. The smallest absolute Gasteiger partial charge is 0.122 e. The van der Waals surface area contributed by atoms with Crippen molar-refractivity contribution in [3.63, 3.8) is 0 Å². The predicted molar refractivity (Wildman–Crippen MR) is 56.2 cm³/mol. The van der Waals surface area contributed by atoms with Gasteiger partial charge in [0.2, 0.25) is 0 Å². The first-order valence-electron chi connectivity index (χ1n) is 5.40. The van der Waals surface area contributed by atoms with Crippen molar-refractivity contribution in [1.82, 2.24) is 10.2 Å². The first-order valence-corrected chi connectivity index (χ1v) is 5.40. The van der Waals surface area contributed by atoms with Gasteiger partial charge in [-0.2, -0.15) is 0 Å². The highest BCUT2D eigenvalue weighted by molar-refractivity contribution is 5.06. The number of nitrogens with one attached hydrogen (secondary N) is 1. The van der Waals surface area contributed by atoms with E-state index < -0.39 is 0 Å². The molecule has 1 N–H and O–H groups in total. The summed E-state index contributed by atoms with van der Waals surface area (Å²) in [5.74, 6) is 1.08. The number of rotatable bonds is 2. The summed E-state index contributed by atoms with van der Waals surface area (Å²) in [6, 6.07) is 4.45. The van der Waals surface area contributed by atoms with Gasteiger partial charge in [-0.1, -0.05) is 6.92 Å². The van der Waals surface area contributed by atoms with Crippen LogP contribution in [0, 0.1) is 0 Å². The van der Waals surface area contributed by atoms with Crippen LogP contribution in [0.5, 0.6) is 0 Å². The maximum Gasteiger partial charge on any atom is 0.122 e. The van der Waals surface area contributed by atoms with Crippen LogP contribution in [0.25, 0.3) is 0 Å². The SMILES string of the molecule is CCN1CCCNCC1c1ccco1. The van der Waals surface area contributed by atoms with Crippen LogP contribution in [-0.2, 0) is 0 Å². The molecule has 0 saturated carbocycles. The first-order chi connectivity index (χ1) is 6.92. The molecule has 0 aliphatic carbocycles. The molecule has 0 spiro atoms. The van der Waals surface area contributed by atoms with Gasteiger partial charge in [-0.25, -0.2) is 0 Å². The number of hydrogen-bond acceptors (Lipinski definition) is 3. The lowest BCUT2D eigenvalue weighted by Gasteiger charge is -2.26. The van der Waals surface area contributed by atoms with Crippen molar-refractivity contribution in [2.75, 3.05) is 26.2 Å². The van der Waals surface area contributed by atoms with E-state index in [4.69, 9.17) is 4.42 Å². The van der Waals surface area contributed by atoms with Crippen LogP contribution in [-0.4, -0.2) is 31.1 Å². The molecule has 3 nitrogen and oxygen atoms in total. The van der Waals surface area contributed by atoms with E-state index in [-0.39, 0.29) is 0 Å². The number of furan rings is 1. The van der Waals surface area contributed by atoms with Gasteiger partial charge in [0, 0.05) is 13.1 Å². The van der Waals surface area contributed by atoms with E-state index >= 15 is 0 Å². The quantitative estimate of drug-likeness (QED) is 0.775. The van der Waals surface area contributed by atoms with Crippen molar-refractivity contribution in [3.8, 4) is 0 Å². The molecule has 0 radical (unpaired) electrons. The monoisotopic (exact) mass is 194 g/mol. The van der Waals surface area contributed by atoms with Gasteiger partial charge in [0.05, 0.1) is 12.3 Å². The van der Waals surface area contributed by atoms with Crippen molar-refractivity contribution in [3.05, 3.63) is 24.2 Å². The molecule has 1 fully saturated rings. The molecule has 2 heterocycles. The summed E-state index contributed by atoms with van der Waals surface area (Å²) >= 11 is 0. The molecule has 3 heteroatoms. The molecule has 1 aromatic heterocycles. The fraction of sp³-hybridized carbons (Fsp3) is 0.636. The van der Waals surface area contributed by atoms with E-state index in [1.807, 2.05) is 6.07 Å². The standard InChI is InChI=1S/C11H18N2O/c1-2-13-7-4-6-12-9-10(13)11-5-3-8-14-11/h3,5,8,10,12H,2,4,6-7,9H2,1H3. The van der Waals surface area contributed by atoms with Gasteiger partial charge in [-0.3, -0.25) is 4.90 Å². The molecule has 0 aromatic carbocycles. The summed E-state index contributed by atoms with van der Waals surface area (Å²) in [7, 11) is 0. The molecule has 2 rings (SSSR count). The molecule has 0 bridgehead atoms. The highest BCUT2D eigenvalue weighted by atomic mass is 16.3. The summed E-state index contributed by atoms with van der Waals surface area (Å²) in [5.41, 5.74) is 0. The summed E-state index contributed by atoms with van der Waals surface area (Å²) in [6.07, 6.45) is 2.99. The Hall–Kier alpha value is -0.800. The molecule has 1 saturated heterocycles. The van der Waals surface area contributed by atoms with Gasteiger partial charge in [0.15, 0.2) is 0 Å². The van der Waals surface area contributed by atoms with Gasteiger partial charge in [0.25, 0.3) is 0 Å². The van der Waals surface area contributed by atoms with Gasteiger partial charge in [-0.05, 0) is 31.6 Å². The Kier molecular flexibility index (Phi) is 3.22. The van der Waals surface area contributed by atoms with Crippen LogP contribution in [0.1, 0.15) is 25.1 Å². The molecule has 1 atom stereocenters. The molecular formula is C11H18N2O. The Labute approximate surface area is 85.1 Å². The minimum absolute atomic E-state index is 0.414. The predicted octanol–water partition coefficient (Wildman–Crippen LogP) is 1.64. The lowest BCUT2D eigenvalue weighted by Crippen LogP contribution is -2.32. The van der Waals surface area contributed by atoms with Crippen molar-refractivity contribution in [1.29, 1.82) is 0 Å². The Morgan fingerprint density at radius 2 is 2.57 bits per heavy atom. The second-order valence-corrected chi connectivity index (χ2v) is 3.72. The maximum atomic E-state index is 5.48. The van der Waals surface area contributed by atoms with Crippen LogP contribution >= 0.6 is 0 Å². The third kappa shape index (κ3) is 1.99. The van der Waals surface area contributed by atoms with Crippen LogP contribution in [0.3, 0.4) is 0 Å². The largest absolute Gasteiger partial charge is 0.468 e. The zero-order chi connectivity index (χ0) is 9.80. The summed E-state index contributed by atoms with van der Waals surface area (Å²) in [6.45, 7) is 6.58. The number of nitrogens with zero attached hydrogens (tertiary/aromatic N) is 1. The van der Waals surface area contributed by atoms with E-state index in [2.05, 4.69) is 23.2 Å². The van der Waals surface area contributed by atoms with Crippen molar-refractivity contribution >= 4 is 0 Å². The average Bonchev–Trinajstić information content (AvgIpc) is 2.63. The molecule has 1 aliphatic rings. The summed E-state index contributed by atoms with van der Waals surface area (Å²) in [5, 5.41) is 3.45. The maximum absolute atomic E-state index is 5.48. The van der Waals surface area contributed by atoms with E-state index in [1.165, 1.54) is 6.42 Å². The molecule has 1 aromatic rings. The molecule has 78 valence electrons. The van der Waals surface area contributed by atoms with Crippen molar-refractivity contribution < 1.29 is 4.42 Å². The average molecular weight is 194 g/mol. The molecule has 0 amide bonds. The Bertz CT molecular complexity index is 258. The van der Waals surface area contributed by atoms with E-state index in [0.717, 1.165) is 31.9 Å². The molecule has 1 aliphatic heterocycles. The topological polar surface area (TPSA) is 28.4 Å². The van der Waals surface area contributed by atoms with E-state index in [9.17, 15) is 0 Å². The molecule has 14 heavy (non-hydrogen) atoms. The van der Waals surface area contributed by atoms with Crippen LogP contribution in [0.2, 0.25) is 0 Å². The fourth-order valence-electron chi connectivity index (χ4n) is 2.07. The minimum Gasteiger partial charge on any atom is -0.468 e. The Morgan fingerprint density at radius 3 is 3.29 bits per heavy atom. The second kappa shape index (κ2) is 4.62. The third-order valence-electron chi connectivity index (χ3n) is 2.86. The molecule has 1 unspecified atom stereocenters. The van der Waals surface area contributed by atoms with Crippen LogP contribution in [0.15, 0.2) is 22.8 Å². The summed E-state index contributed by atoms with van der Waals surface area (Å²) < 4.78 is 5.48. The van der Waals surface area contributed by atoms with Crippen LogP contribution in [0.4, 0.5) is 0 Å². The highest BCUT2D eigenvalue weighted by Crippen LogP contribution is 2.21. The van der Waals surface area contributed by atoms with Crippen molar-refractivity contribution in [2.45, 2.75) is 19.4 Å². The fourth-order valence-corrected chi connectivity index (χ4v) is 2.07. The Balaban J connectivity index is 2.12. The Morgan fingerprint density at radius 1 is 1.64 bits per heavy atom. The lowest BCUT2D eigenvalue weighted by atomic mass is 10.2. The van der Waals surface area contributed by atoms with E-state index in [1.54, 1.807) is 6.26 Å². The second-order valence-electron chi connectivity index (χ2n) is 3.72. The highest BCUT2D eigenvalue weighted by Gasteiger charge is 2.22. The van der Waals surface area contributed by atoms with Gasteiger partial charge in [0.1, 0.15) is 5.76 Å².